The highest BCUT2D eigenvalue weighted by atomic mass is 79.9. The first-order chi connectivity index (χ1) is 12.4. The largest absolute Gasteiger partial charge is 0.325 e. The molecule has 1 heterocycles. The third-order valence-electron chi connectivity index (χ3n) is 3.68. The van der Waals surface area contributed by atoms with Crippen molar-refractivity contribution in [3.8, 4) is 11.4 Å². The minimum atomic E-state index is -0.324. The first kappa shape index (κ1) is 18.9. The van der Waals surface area contributed by atoms with Gasteiger partial charge in [0.15, 0.2) is 11.0 Å². The van der Waals surface area contributed by atoms with Gasteiger partial charge in [0.1, 0.15) is 0 Å². The fraction of sp³-hybridized carbons (Fsp3) is 0.167. The van der Waals surface area contributed by atoms with Gasteiger partial charge in [-0.05, 0) is 49.4 Å². The monoisotopic (exact) mass is 450 g/mol. The zero-order chi connectivity index (χ0) is 18.7. The number of halogens is 2. The van der Waals surface area contributed by atoms with Crippen LogP contribution in [0.1, 0.15) is 6.92 Å². The maximum atomic E-state index is 12.4. The quantitative estimate of drug-likeness (QED) is 0.554. The summed E-state index contributed by atoms with van der Waals surface area (Å²) in [5.74, 6) is 0.632. The Kier molecular flexibility index (Phi) is 6.01. The Balaban J connectivity index is 1.70. The van der Waals surface area contributed by atoms with E-state index in [2.05, 4.69) is 31.4 Å². The molecule has 0 spiro atoms. The molecular formula is C18H16BrClN4OS. The van der Waals surface area contributed by atoms with Crippen molar-refractivity contribution >= 4 is 50.9 Å². The predicted molar refractivity (Wildman–Crippen MR) is 110 cm³/mol. The molecule has 1 unspecified atom stereocenters. The molecule has 3 aromatic rings. The van der Waals surface area contributed by atoms with Crippen LogP contribution in [0, 0.1) is 0 Å². The number of nitrogens with zero attached hydrogens (tertiary/aromatic N) is 3. The predicted octanol–water partition coefficient (Wildman–Crippen LogP) is 5.02. The maximum absolute atomic E-state index is 12.4. The van der Waals surface area contributed by atoms with Gasteiger partial charge < -0.3 is 9.88 Å². The first-order valence-electron chi connectivity index (χ1n) is 7.82. The molecule has 1 N–H and O–H groups in total. The van der Waals surface area contributed by atoms with Gasteiger partial charge in [-0.3, -0.25) is 4.79 Å². The van der Waals surface area contributed by atoms with Crippen molar-refractivity contribution in [3.05, 3.63) is 58.0 Å². The van der Waals surface area contributed by atoms with Crippen LogP contribution in [0.25, 0.3) is 11.4 Å². The Morgan fingerprint density at radius 1 is 1.23 bits per heavy atom. The lowest BCUT2D eigenvalue weighted by molar-refractivity contribution is -0.115. The van der Waals surface area contributed by atoms with Gasteiger partial charge in [-0.15, -0.1) is 10.2 Å². The average molecular weight is 452 g/mol. The number of anilines is 1. The molecule has 1 aromatic heterocycles. The van der Waals surface area contributed by atoms with Crippen molar-refractivity contribution in [2.75, 3.05) is 5.32 Å². The van der Waals surface area contributed by atoms with E-state index in [-0.39, 0.29) is 11.2 Å². The number of amides is 1. The summed E-state index contributed by atoms with van der Waals surface area (Å²) in [4.78, 5) is 12.4. The second-order valence-electron chi connectivity index (χ2n) is 5.63. The van der Waals surface area contributed by atoms with E-state index in [0.717, 1.165) is 21.5 Å². The molecule has 5 nitrogen and oxygen atoms in total. The van der Waals surface area contributed by atoms with Crippen LogP contribution in [0.2, 0.25) is 5.02 Å². The topological polar surface area (TPSA) is 59.8 Å². The van der Waals surface area contributed by atoms with E-state index in [1.807, 2.05) is 67.1 Å². The molecule has 0 saturated carbocycles. The number of hydrogen-bond donors (Lipinski definition) is 1. The molecule has 0 aliphatic heterocycles. The van der Waals surface area contributed by atoms with Crippen molar-refractivity contribution in [1.82, 2.24) is 14.8 Å². The Morgan fingerprint density at radius 2 is 1.96 bits per heavy atom. The number of benzene rings is 2. The van der Waals surface area contributed by atoms with Gasteiger partial charge in [-0.2, -0.15) is 0 Å². The lowest BCUT2D eigenvalue weighted by atomic mass is 10.2. The minimum absolute atomic E-state index is 0.0934. The Hall–Kier alpha value is -1.83. The third-order valence-corrected chi connectivity index (χ3v) is 5.56. The Bertz CT molecular complexity index is 929. The van der Waals surface area contributed by atoms with Crippen molar-refractivity contribution in [3.63, 3.8) is 0 Å². The van der Waals surface area contributed by atoms with Gasteiger partial charge in [0.2, 0.25) is 5.91 Å². The number of hydrogen-bond acceptors (Lipinski definition) is 4. The van der Waals surface area contributed by atoms with Crippen molar-refractivity contribution < 1.29 is 4.79 Å². The molecule has 134 valence electrons. The fourth-order valence-electron chi connectivity index (χ4n) is 2.29. The molecule has 2 aromatic carbocycles. The van der Waals surface area contributed by atoms with Gasteiger partial charge >= 0.3 is 0 Å². The van der Waals surface area contributed by atoms with E-state index < -0.39 is 0 Å². The summed E-state index contributed by atoms with van der Waals surface area (Å²) in [5.41, 5.74) is 1.67. The average Bonchev–Trinajstić information content (AvgIpc) is 2.96. The van der Waals surface area contributed by atoms with Gasteiger partial charge in [0, 0.05) is 27.8 Å². The van der Waals surface area contributed by atoms with Gasteiger partial charge in [0.05, 0.1) is 5.25 Å². The summed E-state index contributed by atoms with van der Waals surface area (Å²) in [6.07, 6.45) is 0. The highest BCUT2D eigenvalue weighted by molar-refractivity contribution is 9.10. The number of rotatable bonds is 5. The normalized spacial score (nSPS) is 12.0. The van der Waals surface area contributed by atoms with Gasteiger partial charge in [-0.25, -0.2) is 0 Å². The molecule has 0 bridgehead atoms. The molecule has 1 amide bonds. The van der Waals surface area contributed by atoms with E-state index in [1.54, 1.807) is 0 Å². The van der Waals surface area contributed by atoms with E-state index in [9.17, 15) is 4.79 Å². The van der Waals surface area contributed by atoms with E-state index in [1.165, 1.54) is 11.8 Å². The standard InChI is InChI=1S/C18H16BrClN4OS/c1-11(17(25)21-15-5-3-4-13(19)10-15)26-18-23-22-16(24(18)2)12-6-8-14(20)9-7-12/h3-11H,1-2H3,(H,21,25). The zero-order valence-electron chi connectivity index (χ0n) is 14.1. The van der Waals surface area contributed by atoms with Crippen LogP contribution in [-0.2, 0) is 11.8 Å². The smallest absolute Gasteiger partial charge is 0.237 e. The lowest BCUT2D eigenvalue weighted by Gasteiger charge is -2.12. The molecule has 0 fully saturated rings. The second kappa shape index (κ2) is 8.24. The van der Waals surface area contributed by atoms with Crippen LogP contribution in [0.3, 0.4) is 0 Å². The van der Waals surface area contributed by atoms with Gasteiger partial charge in [-0.1, -0.05) is 45.4 Å². The summed E-state index contributed by atoms with van der Waals surface area (Å²) in [7, 11) is 1.88. The number of thioether (sulfide) groups is 1. The summed E-state index contributed by atoms with van der Waals surface area (Å²) in [5, 5.41) is 12.4. The van der Waals surface area contributed by atoms with Gasteiger partial charge in [0.25, 0.3) is 0 Å². The van der Waals surface area contributed by atoms with E-state index in [0.29, 0.717) is 10.2 Å². The Labute approximate surface area is 169 Å². The molecule has 8 heteroatoms. The van der Waals surface area contributed by atoms with Crippen LogP contribution >= 0.6 is 39.3 Å². The summed E-state index contributed by atoms with van der Waals surface area (Å²) >= 11 is 10.7. The second-order valence-corrected chi connectivity index (χ2v) is 8.29. The highest BCUT2D eigenvalue weighted by Gasteiger charge is 2.19. The molecular weight excluding hydrogens is 436 g/mol. The number of aromatic nitrogens is 3. The highest BCUT2D eigenvalue weighted by Crippen LogP contribution is 2.27. The van der Waals surface area contributed by atoms with Crippen LogP contribution in [0.4, 0.5) is 5.69 Å². The molecule has 0 aliphatic rings. The summed E-state index contributed by atoms with van der Waals surface area (Å²) in [6.45, 7) is 1.84. The first-order valence-corrected chi connectivity index (χ1v) is 9.87. The zero-order valence-corrected chi connectivity index (χ0v) is 17.3. The van der Waals surface area contributed by atoms with Crippen LogP contribution in [0.15, 0.2) is 58.2 Å². The molecule has 26 heavy (non-hydrogen) atoms. The SMILES string of the molecule is CC(Sc1nnc(-c2ccc(Cl)cc2)n1C)C(=O)Nc1cccc(Br)c1. The lowest BCUT2D eigenvalue weighted by Crippen LogP contribution is -2.22. The molecule has 0 radical (unpaired) electrons. The molecule has 0 saturated heterocycles. The van der Waals surface area contributed by atoms with E-state index >= 15 is 0 Å². The molecule has 1 atom stereocenters. The molecule has 3 rings (SSSR count). The summed E-state index contributed by atoms with van der Waals surface area (Å²) < 4.78 is 2.79. The maximum Gasteiger partial charge on any atom is 0.237 e. The van der Waals surface area contributed by atoms with Crippen LogP contribution < -0.4 is 5.32 Å². The Morgan fingerprint density at radius 3 is 2.65 bits per heavy atom. The van der Waals surface area contributed by atoms with Crippen molar-refractivity contribution in [1.29, 1.82) is 0 Å². The fourth-order valence-corrected chi connectivity index (χ4v) is 3.63. The summed E-state index contributed by atoms with van der Waals surface area (Å²) in [6, 6.07) is 14.9. The van der Waals surface area contributed by atoms with E-state index in [4.69, 9.17) is 11.6 Å². The number of carbonyl (C=O) groups is 1. The number of nitrogens with one attached hydrogen (secondary N) is 1. The molecule has 0 aliphatic carbocycles. The number of carbonyl (C=O) groups excluding carboxylic acids is 1. The van der Waals surface area contributed by atoms with Crippen LogP contribution in [-0.4, -0.2) is 25.9 Å². The van der Waals surface area contributed by atoms with Crippen LogP contribution in [0.5, 0.6) is 0 Å². The minimum Gasteiger partial charge on any atom is -0.325 e. The third kappa shape index (κ3) is 4.47. The van der Waals surface area contributed by atoms with Crippen molar-refractivity contribution in [2.24, 2.45) is 7.05 Å². The van der Waals surface area contributed by atoms with Crippen molar-refractivity contribution in [2.45, 2.75) is 17.3 Å².